The molecule has 116 valence electrons. The van der Waals surface area contributed by atoms with Gasteiger partial charge in [0.15, 0.2) is 0 Å². The van der Waals surface area contributed by atoms with E-state index in [0.717, 1.165) is 10.7 Å². The number of likely N-dealkylation sites (tertiary alicyclic amines) is 1. The van der Waals surface area contributed by atoms with Crippen molar-refractivity contribution in [3.05, 3.63) is 16.1 Å². The third kappa shape index (κ3) is 4.98. The molecule has 1 aliphatic heterocycles. The number of aromatic nitrogens is 1. The third-order valence-electron chi connectivity index (χ3n) is 3.26. The molecule has 0 saturated carbocycles. The maximum absolute atomic E-state index is 12.0. The quantitative estimate of drug-likeness (QED) is 0.853. The van der Waals surface area contributed by atoms with E-state index in [9.17, 15) is 9.59 Å². The zero-order chi connectivity index (χ0) is 15.2. The number of carbonyl (C=O) groups is 2. The molecule has 2 N–H and O–H groups in total. The topological polar surface area (TPSA) is 91.8 Å². The normalized spacial score (nSPS) is 16.0. The van der Waals surface area contributed by atoms with Gasteiger partial charge in [-0.25, -0.2) is 14.6 Å². The number of amides is 2. The molecule has 0 atom stereocenters. The Kier molecular flexibility index (Phi) is 5.51. The molecule has 2 amide bonds. The maximum Gasteiger partial charge on any atom is 0.329 e. The van der Waals surface area contributed by atoms with Crippen LogP contribution in [0.2, 0.25) is 0 Å². The number of carbonyl (C=O) groups excluding carboxylic acids is 1. The number of urea groups is 1. The SMILES string of the molecule is Cc1nc(CNC(=O)N2CCC(OCC(=O)O)CC2)cs1. The highest BCUT2D eigenvalue weighted by Gasteiger charge is 2.23. The van der Waals surface area contributed by atoms with E-state index < -0.39 is 5.97 Å². The summed E-state index contributed by atoms with van der Waals surface area (Å²) in [6.45, 7) is 3.23. The number of hydrogen-bond acceptors (Lipinski definition) is 5. The molecular formula is C13H19N3O4S. The van der Waals surface area contributed by atoms with E-state index in [1.807, 2.05) is 12.3 Å². The molecule has 21 heavy (non-hydrogen) atoms. The van der Waals surface area contributed by atoms with Crippen LogP contribution in [0.15, 0.2) is 5.38 Å². The van der Waals surface area contributed by atoms with E-state index in [2.05, 4.69) is 10.3 Å². The lowest BCUT2D eigenvalue weighted by Crippen LogP contribution is -2.45. The predicted molar refractivity (Wildman–Crippen MR) is 77.3 cm³/mol. The Balaban J connectivity index is 1.69. The second kappa shape index (κ2) is 7.37. The Hall–Kier alpha value is -1.67. The molecule has 0 unspecified atom stereocenters. The molecule has 1 aliphatic rings. The third-order valence-corrected chi connectivity index (χ3v) is 4.08. The summed E-state index contributed by atoms with van der Waals surface area (Å²) in [4.78, 5) is 28.5. The predicted octanol–water partition coefficient (Wildman–Crippen LogP) is 1.23. The minimum absolute atomic E-state index is 0.0775. The lowest BCUT2D eigenvalue weighted by molar-refractivity contribution is -0.145. The number of nitrogens with one attached hydrogen (secondary N) is 1. The van der Waals surface area contributed by atoms with Gasteiger partial charge in [-0.2, -0.15) is 0 Å². The van der Waals surface area contributed by atoms with Crippen LogP contribution in [0.5, 0.6) is 0 Å². The van der Waals surface area contributed by atoms with Crippen LogP contribution in [0.1, 0.15) is 23.5 Å². The van der Waals surface area contributed by atoms with Crippen LogP contribution in [0.3, 0.4) is 0 Å². The van der Waals surface area contributed by atoms with Crippen LogP contribution >= 0.6 is 11.3 Å². The standard InChI is InChI=1S/C13H19N3O4S/c1-9-15-10(8-21-9)6-14-13(19)16-4-2-11(3-5-16)20-7-12(17)18/h8,11H,2-7H2,1H3,(H,14,19)(H,17,18). The number of nitrogens with zero attached hydrogens (tertiary/aromatic N) is 2. The molecule has 1 aromatic heterocycles. The van der Waals surface area contributed by atoms with Crippen molar-refractivity contribution in [2.75, 3.05) is 19.7 Å². The number of ether oxygens (including phenoxy) is 1. The highest BCUT2D eigenvalue weighted by atomic mass is 32.1. The average molecular weight is 313 g/mol. The van der Waals surface area contributed by atoms with Crippen LogP contribution < -0.4 is 5.32 Å². The van der Waals surface area contributed by atoms with Gasteiger partial charge in [0.05, 0.1) is 23.4 Å². The lowest BCUT2D eigenvalue weighted by atomic mass is 10.1. The summed E-state index contributed by atoms with van der Waals surface area (Å²) in [7, 11) is 0. The van der Waals surface area contributed by atoms with Crippen molar-refractivity contribution in [1.82, 2.24) is 15.2 Å². The van der Waals surface area contributed by atoms with Gasteiger partial charge >= 0.3 is 12.0 Å². The summed E-state index contributed by atoms with van der Waals surface area (Å²) in [5.74, 6) is -0.964. The van der Waals surface area contributed by atoms with Gasteiger partial charge in [0, 0.05) is 18.5 Å². The molecule has 2 rings (SSSR count). The number of carboxylic acids is 1. The van der Waals surface area contributed by atoms with E-state index in [1.165, 1.54) is 0 Å². The molecule has 1 fully saturated rings. The van der Waals surface area contributed by atoms with Crippen LogP contribution in [0, 0.1) is 6.92 Å². The van der Waals surface area contributed by atoms with E-state index in [-0.39, 0.29) is 18.7 Å². The Morgan fingerprint density at radius 1 is 1.52 bits per heavy atom. The average Bonchev–Trinajstić information content (AvgIpc) is 2.89. The van der Waals surface area contributed by atoms with Gasteiger partial charge in [0.2, 0.25) is 0 Å². The smallest absolute Gasteiger partial charge is 0.329 e. The van der Waals surface area contributed by atoms with Crippen molar-refractivity contribution < 1.29 is 19.4 Å². The van der Waals surface area contributed by atoms with Crippen molar-refractivity contribution in [3.8, 4) is 0 Å². The first-order valence-electron chi connectivity index (χ1n) is 6.82. The van der Waals surface area contributed by atoms with Gasteiger partial charge in [-0.1, -0.05) is 0 Å². The maximum atomic E-state index is 12.0. The molecule has 2 heterocycles. The van der Waals surface area contributed by atoms with Crippen LogP contribution in [0.4, 0.5) is 4.79 Å². The first kappa shape index (κ1) is 15.7. The van der Waals surface area contributed by atoms with Crippen LogP contribution in [-0.2, 0) is 16.1 Å². The van der Waals surface area contributed by atoms with Gasteiger partial charge < -0.3 is 20.1 Å². The fraction of sp³-hybridized carbons (Fsp3) is 0.615. The highest BCUT2D eigenvalue weighted by Crippen LogP contribution is 2.14. The van der Waals surface area contributed by atoms with Crippen molar-refractivity contribution in [3.63, 3.8) is 0 Å². The number of thiazole rings is 1. The number of piperidine rings is 1. The summed E-state index contributed by atoms with van der Waals surface area (Å²) in [6, 6.07) is -0.114. The molecule has 0 bridgehead atoms. The van der Waals surface area contributed by atoms with Gasteiger partial charge in [0.25, 0.3) is 0 Å². The monoisotopic (exact) mass is 313 g/mol. The minimum atomic E-state index is -0.964. The van der Waals surface area contributed by atoms with Crippen molar-refractivity contribution in [2.45, 2.75) is 32.4 Å². The Morgan fingerprint density at radius 2 is 2.24 bits per heavy atom. The fourth-order valence-corrected chi connectivity index (χ4v) is 2.79. The first-order valence-corrected chi connectivity index (χ1v) is 7.69. The molecule has 0 radical (unpaired) electrons. The zero-order valence-corrected chi connectivity index (χ0v) is 12.7. The van der Waals surface area contributed by atoms with Crippen LogP contribution in [-0.4, -0.2) is 52.8 Å². The van der Waals surface area contributed by atoms with Gasteiger partial charge in [-0.15, -0.1) is 11.3 Å². The summed E-state index contributed by atoms with van der Waals surface area (Å²) >= 11 is 1.56. The zero-order valence-electron chi connectivity index (χ0n) is 11.9. The largest absolute Gasteiger partial charge is 0.480 e. The molecule has 8 heteroatoms. The number of aryl methyl sites for hydroxylation is 1. The summed E-state index contributed by atoms with van der Waals surface area (Å²) in [6.07, 6.45) is 1.25. The van der Waals surface area contributed by atoms with Crippen molar-refractivity contribution in [1.29, 1.82) is 0 Å². The molecular weight excluding hydrogens is 294 g/mol. The fourth-order valence-electron chi connectivity index (χ4n) is 2.18. The Bertz CT molecular complexity index is 497. The van der Waals surface area contributed by atoms with E-state index in [4.69, 9.17) is 9.84 Å². The number of aliphatic carboxylic acids is 1. The van der Waals surface area contributed by atoms with E-state index in [0.29, 0.717) is 32.5 Å². The number of rotatable bonds is 5. The molecule has 0 spiro atoms. The van der Waals surface area contributed by atoms with Crippen molar-refractivity contribution in [2.24, 2.45) is 0 Å². The van der Waals surface area contributed by atoms with Crippen molar-refractivity contribution >= 4 is 23.3 Å². The number of hydrogen-bond donors (Lipinski definition) is 2. The summed E-state index contributed by atoms with van der Waals surface area (Å²) in [5, 5.41) is 14.3. The van der Waals surface area contributed by atoms with Gasteiger partial charge in [-0.3, -0.25) is 0 Å². The molecule has 7 nitrogen and oxygen atoms in total. The molecule has 0 aliphatic carbocycles. The highest BCUT2D eigenvalue weighted by molar-refractivity contribution is 7.09. The minimum Gasteiger partial charge on any atom is -0.480 e. The molecule has 1 aromatic rings. The van der Waals surface area contributed by atoms with E-state index >= 15 is 0 Å². The second-order valence-electron chi connectivity index (χ2n) is 4.91. The Labute approximate surface area is 126 Å². The van der Waals surface area contributed by atoms with Crippen LogP contribution in [0.25, 0.3) is 0 Å². The second-order valence-corrected chi connectivity index (χ2v) is 5.97. The van der Waals surface area contributed by atoms with E-state index in [1.54, 1.807) is 16.2 Å². The van der Waals surface area contributed by atoms with Gasteiger partial charge in [-0.05, 0) is 19.8 Å². The lowest BCUT2D eigenvalue weighted by Gasteiger charge is -2.31. The molecule has 1 saturated heterocycles. The first-order chi connectivity index (χ1) is 10.0. The number of carboxylic acid groups (broad SMARTS) is 1. The van der Waals surface area contributed by atoms with Gasteiger partial charge in [0.1, 0.15) is 6.61 Å². The summed E-state index contributed by atoms with van der Waals surface area (Å²) in [5.41, 5.74) is 0.866. The summed E-state index contributed by atoms with van der Waals surface area (Å²) < 4.78 is 5.24. The Morgan fingerprint density at radius 3 is 2.81 bits per heavy atom. The molecule has 0 aromatic carbocycles.